The maximum absolute atomic E-state index is 6.01. The summed E-state index contributed by atoms with van der Waals surface area (Å²) >= 11 is 0. The minimum atomic E-state index is -3.39. The maximum Gasteiger partial charge on any atom is 0.540 e. The van der Waals surface area contributed by atoms with Gasteiger partial charge < -0.3 is 39.8 Å². The number of hydrogen-bond donors (Lipinski definition) is 0. The zero-order chi connectivity index (χ0) is 17.1. The molecule has 1 heterocycles. The van der Waals surface area contributed by atoms with E-state index in [2.05, 4.69) is 0 Å². The largest absolute Gasteiger partial charge is 0.540 e. The smallest absolute Gasteiger partial charge is 0.396 e. The van der Waals surface area contributed by atoms with E-state index in [1.165, 1.54) is 28.4 Å². The summed E-state index contributed by atoms with van der Waals surface area (Å²) in [5.41, 5.74) is 0. The van der Waals surface area contributed by atoms with Crippen LogP contribution < -0.4 is 0 Å². The Bertz CT molecular complexity index is 321. The molecule has 0 bridgehead atoms. The fourth-order valence-electron chi connectivity index (χ4n) is 3.04. The Morgan fingerprint density at radius 1 is 0.545 bits per heavy atom. The highest BCUT2D eigenvalue weighted by molar-refractivity contribution is 7.75. The second-order valence-corrected chi connectivity index (χ2v) is 28.4. The highest BCUT2D eigenvalue weighted by Crippen LogP contribution is 2.42. The lowest BCUT2D eigenvalue weighted by Crippen LogP contribution is -2.97. The quantitative estimate of drug-likeness (QED) is 0.496. The first-order chi connectivity index (χ1) is 10.4. The van der Waals surface area contributed by atoms with Crippen LogP contribution in [0.5, 0.6) is 0 Å². The summed E-state index contributed by atoms with van der Waals surface area (Å²) in [6.07, 6.45) is 0.156. The summed E-state index contributed by atoms with van der Waals surface area (Å²) in [5, 5.41) is 0. The van der Waals surface area contributed by atoms with Crippen molar-refractivity contribution < 1.29 is 39.8 Å². The van der Waals surface area contributed by atoms with Crippen LogP contribution in [0.1, 0.15) is 0 Å². The molecular formula is C9H26O9Si4. The fraction of sp³-hybridized carbons (Fsp3) is 1.00. The third-order valence-corrected chi connectivity index (χ3v) is 43.4. The van der Waals surface area contributed by atoms with Crippen LogP contribution in [0.3, 0.4) is 0 Å². The molecule has 0 aromatic heterocycles. The van der Waals surface area contributed by atoms with E-state index >= 15 is 0 Å². The molecule has 1 aliphatic rings. The Kier molecular flexibility index (Phi) is 7.10. The third-order valence-electron chi connectivity index (χ3n) is 4.14. The van der Waals surface area contributed by atoms with E-state index in [1.54, 1.807) is 28.4 Å². The van der Waals surface area contributed by atoms with Crippen LogP contribution in [0, 0.1) is 0 Å². The molecule has 0 aliphatic carbocycles. The lowest BCUT2D eigenvalue weighted by molar-refractivity contribution is 0.0818. The van der Waals surface area contributed by atoms with Crippen molar-refractivity contribution >= 4 is 31.6 Å². The normalized spacial score (nSPS) is 25.1. The molecule has 1 saturated heterocycles. The van der Waals surface area contributed by atoms with Gasteiger partial charge in [0, 0.05) is 56.9 Å². The minimum absolute atomic E-state index is 0.156. The first kappa shape index (κ1) is 20.6. The van der Waals surface area contributed by atoms with Gasteiger partial charge in [0.1, 0.15) is 0 Å². The van der Waals surface area contributed by atoms with E-state index in [9.17, 15) is 0 Å². The molecule has 0 unspecified atom stereocenters. The molecule has 22 heavy (non-hydrogen) atoms. The fourth-order valence-corrected chi connectivity index (χ4v) is 51.3. The number of rotatable bonds is 8. The monoisotopic (exact) mass is 390 g/mol. The van der Waals surface area contributed by atoms with E-state index in [0.717, 1.165) is 0 Å². The van der Waals surface area contributed by atoms with Gasteiger partial charge in [-0.2, -0.15) is 0 Å². The summed E-state index contributed by atoms with van der Waals surface area (Å²) in [7, 11) is -0.799. The summed E-state index contributed by atoms with van der Waals surface area (Å²) in [4.78, 5) is 0. The molecule has 0 N–H and O–H groups in total. The van der Waals surface area contributed by atoms with Crippen molar-refractivity contribution in [2.24, 2.45) is 0 Å². The Balaban J connectivity index is 3.71. The zero-order valence-electron chi connectivity index (χ0n) is 14.4. The first-order valence-electron chi connectivity index (χ1n) is 6.50. The zero-order valence-corrected chi connectivity index (χ0v) is 18.4. The Morgan fingerprint density at radius 2 is 0.955 bits per heavy atom. The van der Waals surface area contributed by atoms with E-state index in [1.807, 2.05) is 0 Å². The lowest BCUT2D eigenvalue weighted by Gasteiger charge is -2.54. The molecule has 0 aromatic carbocycles. The van der Waals surface area contributed by atoms with Crippen LogP contribution in [-0.4, -0.2) is 94.7 Å². The summed E-state index contributed by atoms with van der Waals surface area (Å²) in [5.74, 6) is 0. The number of hydrogen-bond acceptors (Lipinski definition) is 9. The van der Waals surface area contributed by atoms with Gasteiger partial charge in [0.25, 0.3) is 0 Å². The molecular weight excluding hydrogens is 364 g/mol. The van der Waals surface area contributed by atoms with Crippen molar-refractivity contribution in [3.05, 3.63) is 0 Å². The van der Waals surface area contributed by atoms with Gasteiger partial charge in [-0.1, -0.05) is 0 Å². The SMILES string of the molecule is CO[Si]1(OC)CO[Si](OC)(OC)[Si](OC)(OC)[Si]1(OC)OC. The van der Waals surface area contributed by atoms with Crippen molar-refractivity contribution in [1.82, 2.24) is 0 Å². The van der Waals surface area contributed by atoms with Crippen LogP contribution in [-0.2, 0) is 39.8 Å². The molecule has 1 rings (SSSR count). The van der Waals surface area contributed by atoms with Crippen LogP contribution >= 0.6 is 0 Å². The molecule has 0 atom stereocenters. The molecule has 1 fully saturated rings. The molecule has 132 valence electrons. The highest BCUT2D eigenvalue weighted by Gasteiger charge is 2.92. The summed E-state index contributed by atoms with van der Waals surface area (Å²) < 4.78 is 52.4. The molecule has 0 radical (unpaired) electrons. The Morgan fingerprint density at radius 3 is 1.23 bits per heavy atom. The second-order valence-electron chi connectivity index (χ2n) is 4.46. The average Bonchev–Trinajstić information content (AvgIpc) is 2.59. The van der Waals surface area contributed by atoms with Gasteiger partial charge in [-0.15, -0.1) is 0 Å². The van der Waals surface area contributed by atoms with Gasteiger partial charge in [-0.05, 0) is 0 Å². The molecule has 0 amide bonds. The Labute approximate surface area is 135 Å². The lowest BCUT2D eigenvalue weighted by atomic mass is 11.7. The Hall–Kier alpha value is 0.508. The van der Waals surface area contributed by atoms with Crippen LogP contribution in [0.15, 0.2) is 0 Å². The molecule has 13 heteroatoms. The van der Waals surface area contributed by atoms with Crippen molar-refractivity contribution in [3.8, 4) is 0 Å². The van der Waals surface area contributed by atoms with Crippen LogP contribution in [0.4, 0.5) is 0 Å². The van der Waals surface area contributed by atoms with Gasteiger partial charge in [0.15, 0.2) is 0 Å². The second kappa shape index (κ2) is 7.60. The van der Waals surface area contributed by atoms with E-state index < -0.39 is 31.6 Å². The van der Waals surface area contributed by atoms with Gasteiger partial charge in [0.05, 0.1) is 6.23 Å². The third kappa shape index (κ3) is 2.28. The van der Waals surface area contributed by atoms with Crippen LogP contribution in [0.25, 0.3) is 0 Å². The van der Waals surface area contributed by atoms with Crippen LogP contribution in [0.2, 0.25) is 0 Å². The molecule has 0 spiro atoms. The molecule has 0 aromatic rings. The molecule has 1 aliphatic heterocycles. The van der Waals surface area contributed by atoms with E-state index in [4.69, 9.17) is 39.8 Å². The van der Waals surface area contributed by atoms with E-state index in [-0.39, 0.29) is 6.23 Å². The van der Waals surface area contributed by atoms with E-state index in [0.29, 0.717) is 0 Å². The highest BCUT2D eigenvalue weighted by atomic mass is 29.9. The van der Waals surface area contributed by atoms with Gasteiger partial charge in [-0.25, -0.2) is 0 Å². The topological polar surface area (TPSA) is 83.1 Å². The summed E-state index contributed by atoms with van der Waals surface area (Å²) in [6.45, 7) is 0. The predicted molar refractivity (Wildman–Crippen MR) is 85.0 cm³/mol. The van der Waals surface area contributed by atoms with Crippen molar-refractivity contribution in [2.75, 3.05) is 63.1 Å². The summed E-state index contributed by atoms with van der Waals surface area (Å²) in [6, 6.07) is 0. The first-order valence-corrected chi connectivity index (χ1v) is 16.9. The maximum atomic E-state index is 6.01. The minimum Gasteiger partial charge on any atom is -0.396 e. The van der Waals surface area contributed by atoms with Gasteiger partial charge in [0.2, 0.25) is 0 Å². The van der Waals surface area contributed by atoms with Gasteiger partial charge >= 0.3 is 31.6 Å². The standard InChI is InChI=1S/C9H26O9Si4/c1-10-19(11-2)9-18-20(12-3,13-4)22(16-7,17-8)21(19,14-5)15-6/h9H2,1-8H3. The van der Waals surface area contributed by atoms with Gasteiger partial charge in [-0.3, -0.25) is 0 Å². The van der Waals surface area contributed by atoms with Crippen molar-refractivity contribution in [3.63, 3.8) is 0 Å². The molecule has 9 nitrogen and oxygen atoms in total. The van der Waals surface area contributed by atoms with Crippen molar-refractivity contribution in [2.45, 2.75) is 0 Å². The average molecular weight is 391 g/mol. The molecule has 0 saturated carbocycles. The predicted octanol–water partition coefficient (Wildman–Crippen LogP) is -0.772. The van der Waals surface area contributed by atoms with Crippen molar-refractivity contribution in [1.29, 1.82) is 0 Å².